The van der Waals surface area contributed by atoms with Crippen molar-refractivity contribution in [2.24, 2.45) is 0 Å². The van der Waals surface area contributed by atoms with Gasteiger partial charge in [-0.1, -0.05) is 42.5 Å². The maximum atomic E-state index is 11.0. The number of nitrogens with zero attached hydrogens (tertiary/aromatic N) is 2. The zero-order valence-electron chi connectivity index (χ0n) is 15.5. The molecular formula is C23H22N2O3. The van der Waals surface area contributed by atoms with Crippen molar-refractivity contribution in [1.29, 1.82) is 0 Å². The van der Waals surface area contributed by atoms with Crippen molar-refractivity contribution in [3.8, 4) is 28.1 Å². The molecule has 5 heteroatoms. The summed E-state index contributed by atoms with van der Waals surface area (Å²) in [4.78, 5) is 16.9. The fourth-order valence-corrected chi connectivity index (χ4v) is 3.46. The fourth-order valence-electron chi connectivity index (χ4n) is 3.46. The Labute approximate surface area is 164 Å². The quantitative estimate of drug-likeness (QED) is 0.703. The zero-order chi connectivity index (χ0) is 19.3. The van der Waals surface area contributed by atoms with Crippen molar-refractivity contribution in [3.63, 3.8) is 0 Å². The first kappa shape index (κ1) is 18.0. The Balaban J connectivity index is 1.43. The number of carbonyl (C=O) groups is 1. The van der Waals surface area contributed by atoms with E-state index in [0.29, 0.717) is 13.1 Å². The van der Waals surface area contributed by atoms with Crippen molar-refractivity contribution in [2.75, 3.05) is 13.1 Å². The van der Waals surface area contributed by atoms with Crippen LogP contribution in [0.4, 0.5) is 4.79 Å². The first-order valence-corrected chi connectivity index (χ1v) is 9.45. The normalized spacial score (nSPS) is 14.6. The molecule has 0 bridgehead atoms. The summed E-state index contributed by atoms with van der Waals surface area (Å²) in [6, 6.07) is 22.3. The monoisotopic (exact) mass is 374 g/mol. The molecule has 4 rings (SSSR count). The van der Waals surface area contributed by atoms with Crippen LogP contribution >= 0.6 is 0 Å². The largest absolute Gasteiger partial charge is 0.490 e. The smallest absolute Gasteiger partial charge is 0.407 e. The molecule has 0 atom stereocenters. The van der Waals surface area contributed by atoms with Crippen LogP contribution < -0.4 is 4.74 Å². The molecule has 142 valence electrons. The summed E-state index contributed by atoms with van der Waals surface area (Å²) in [7, 11) is 0. The Morgan fingerprint density at radius 1 is 0.929 bits per heavy atom. The van der Waals surface area contributed by atoms with Gasteiger partial charge in [0.05, 0.1) is 5.69 Å². The summed E-state index contributed by atoms with van der Waals surface area (Å²) in [6.07, 6.45) is 2.48. The Bertz CT molecular complexity index is 934. The number of amides is 1. The molecule has 0 aliphatic carbocycles. The molecule has 1 aromatic heterocycles. The van der Waals surface area contributed by atoms with E-state index in [0.717, 1.165) is 41.0 Å². The molecule has 0 unspecified atom stereocenters. The second-order valence-electron chi connectivity index (χ2n) is 6.91. The van der Waals surface area contributed by atoms with Crippen LogP contribution in [0.15, 0.2) is 72.9 Å². The van der Waals surface area contributed by atoms with Gasteiger partial charge >= 0.3 is 6.09 Å². The van der Waals surface area contributed by atoms with Gasteiger partial charge in [-0.25, -0.2) is 4.79 Å². The minimum absolute atomic E-state index is 0.0621. The second-order valence-corrected chi connectivity index (χ2v) is 6.91. The highest BCUT2D eigenvalue weighted by Crippen LogP contribution is 2.27. The topological polar surface area (TPSA) is 62.7 Å². The molecule has 0 spiro atoms. The molecule has 1 amide bonds. The van der Waals surface area contributed by atoms with E-state index >= 15 is 0 Å². The van der Waals surface area contributed by atoms with E-state index in [4.69, 9.17) is 9.84 Å². The van der Waals surface area contributed by atoms with Gasteiger partial charge in [0, 0.05) is 37.7 Å². The van der Waals surface area contributed by atoms with Gasteiger partial charge in [0.25, 0.3) is 0 Å². The van der Waals surface area contributed by atoms with Crippen LogP contribution in [0, 0.1) is 0 Å². The number of rotatable bonds is 4. The van der Waals surface area contributed by atoms with Crippen LogP contribution in [0.3, 0.4) is 0 Å². The molecule has 2 heterocycles. The fraction of sp³-hybridized carbons (Fsp3) is 0.217. The van der Waals surface area contributed by atoms with E-state index in [1.54, 1.807) is 0 Å². The molecular weight excluding hydrogens is 352 g/mol. The number of carboxylic acid groups (broad SMARTS) is 1. The summed E-state index contributed by atoms with van der Waals surface area (Å²) in [5.41, 5.74) is 4.25. The maximum Gasteiger partial charge on any atom is 0.407 e. The molecule has 28 heavy (non-hydrogen) atoms. The van der Waals surface area contributed by atoms with Gasteiger partial charge in [0.2, 0.25) is 0 Å². The highest BCUT2D eigenvalue weighted by atomic mass is 16.5. The van der Waals surface area contributed by atoms with Gasteiger partial charge in [-0.15, -0.1) is 0 Å². The average molecular weight is 374 g/mol. The number of benzene rings is 2. The molecule has 1 aliphatic heterocycles. The van der Waals surface area contributed by atoms with Crippen molar-refractivity contribution in [3.05, 3.63) is 72.9 Å². The van der Waals surface area contributed by atoms with Crippen LogP contribution in [-0.4, -0.2) is 40.3 Å². The molecule has 0 radical (unpaired) electrons. The molecule has 0 saturated carbocycles. The van der Waals surface area contributed by atoms with E-state index in [1.165, 1.54) is 4.90 Å². The van der Waals surface area contributed by atoms with E-state index in [2.05, 4.69) is 23.2 Å². The lowest BCUT2D eigenvalue weighted by Gasteiger charge is -2.30. The number of piperidine rings is 1. The van der Waals surface area contributed by atoms with Gasteiger partial charge < -0.3 is 14.7 Å². The third-order valence-electron chi connectivity index (χ3n) is 5.03. The lowest BCUT2D eigenvalue weighted by molar-refractivity contribution is 0.0895. The van der Waals surface area contributed by atoms with Gasteiger partial charge in [0.15, 0.2) is 0 Å². The first-order valence-electron chi connectivity index (χ1n) is 9.45. The van der Waals surface area contributed by atoms with Gasteiger partial charge in [0.1, 0.15) is 11.9 Å². The summed E-state index contributed by atoms with van der Waals surface area (Å²) < 4.78 is 6.04. The summed E-state index contributed by atoms with van der Waals surface area (Å²) in [5, 5.41) is 9.03. The van der Waals surface area contributed by atoms with E-state index < -0.39 is 6.09 Å². The Kier molecular flexibility index (Phi) is 5.24. The number of pyridine rings is 1. The maximum absolute atomic E-state index is 11.0. The van der Waals surface area contributed by atoms with Crippen LogP contribution in [0.5, 0.6) is 5.75 Å². The number of likely N-dealkylation sites (tertiary alicyclic amines) is 1. The highest BCUT2D eigenvalue weighted by Gasteiger charge is 2.23. The third kappa shape index (κ3) is 4.14. The number of aromatic nitrogens is 1. The van der Waals surface area contributed by atoms with Crippen LogP contribution in [0.25, 0.3) is 22.4 Å². The van der Waals surface area contributed by atoms with Crippen molar-refractivity contribution in [1.82, 2.24) is 9.88 Å². The molecule has 1 saturated heterocycles. The van der Waals surface area contributed by atoms with Crippen LogP contribution in [-0.2, 0) is 0 Å². The highest BCUT2D eigenvalue weighted by molar-refractivity contribution is 5.70. The molecule has 5 nitrogen and oxygen atoms in total. The van der Waals surface area contributed by atoms with Gasteiger partial charge in [-0.2, -0.15) is 0 Å². The Hall–Kier alpha value is -3.34. The second kappa shape index (κ2) is 8.13. The summed E-state index contributed by atoms with van der Waals surface area (Å²) in [5.74, 6) is 0.815. The predicted molar refractivity (Wildman–Crippen MR) is 108 cm³/mol. The molecule has 3 aromatic rings. The Morgan fingerprint density at radius 2 is 1.64 bits per heavy atom. The Morgan fingerprint density at radius 3 is 2.32 bits per heavy atom. The van der Waals surface area contributed by atoms with Crippen LogP contribution in [0.2, 0.25) is 0 Å². The standard InChI is InChI=1S/C23H22N2O3/c26-23(27)25-14-11-21(12-15-25)28-20-8-6-17(7-9-20)19-10-13-24-22(16-19)18-4-2-1-3-5-18/h1-10,13,16,21H,11-12,14-15H2,(H,26,27). The number of hydrogen-bond acceptors (Lipinski definition) is 3. The summed E-state index contributed by atoms with van der Waals surface area (Å²) in [6.45, 7) is 1.05. The first-order chi connectivity index (χ1) is 13.7. The van der Waals surface area contributed by atoms with Crippen molar-refractivity contribution >= 4 is 6.09 Å². The van der Waals surface area contributed by atoms with Crippen molar-refractivity contribution in [2.45, 2.75) is 18.9 Å². The SMILES string of the molecule is O=C(O)N1CCC(Oc2ccc(-c3ccnc(-c4ccccc4)c3)cc2)CC1. The van der Waals surface area contributed by atoms with Gasteiger partial charge in [-0.3, -0.25) is 4.98 Å². The average Bonchev–Trinajstić information content (AvgIpc) is 2.75. The minimum Gasteiger partial charge on any atom is -0.490 e. The van der Waals surface area contributed by atoms with E-state index in [1.807, 2.05) is 54.7 Å². The molecule has 1 aliphatic rings. The lowest BCUT2D eigenvalue weighted by atomic mass is 10.0. The molecule has 2 aromatic carbocycles. The number of ether oxygens (including phenoxy) is 1. The summed E-state index contributed by atoms with van der Waals surface area (Å²) >= 11 is 0. The molecule has 1 fully saturated rings. The predicted octanol–water partition coefficient (Wildman–Crippen LogP) is 4.94. The minimum atomic E-state index is -0.852. The zero-order valence-corrected chi connectivity index (χ0v) is 15.5. The van der Waals surface area contributed by atoms with E-state index in [9.17, 15) is 4.79 Å². The van der Waals surface area contributed by atoms with Crippen molar-refractivity contribution < 1.29 is 14.6 Å². The molecule has 1 N–H and O–H groups in total. The third-order valence-corrected chi connectivity index (χ3v) is 5.03. The van der Waals surface area contributed by atoms with E-state index in [-0.39, 0.29) is 6.10 Å². The van der Waals surface area contributed by atoms with Gasteiger partial charge in [-0.05, 0) is 35.4 Å². The lowest BCUT2D eigenvalue weighted by Crippen LogP contribution is -2.41. The number of hydrogen-bond donors (Lipinski definition) is 1. The van der Waals surface area contributed by atoms with Crippen LogP contribution in [0.1, 0.15) is 12.8 Å².